The van der Waals surface area contributed by atoms with Crippen LogP contribution in [-0.4, -0.2) is 43.7 Å². The van der Waals surface area contributed by atoms with E-state index in [1.807, 2.05) is 11.9 Å². The van der Waals surface area contributed by atoms with Gasteiger partial charge in [0.2, 0.25) is 5.91 Å². The first kappa shape index (κ1) is 11.9. The van der Waals surface area contributed by atoms with Gasteiger partial charge in [-0.3, -0.25) is 4.79 Å². The van der Waals surface area contributed by atoms with Gasteiger partial charge in [-0.1, -0.05) is 6.42 Å². The third kappa shape index (κ3) is 2.23. The number of carbonyl (C=O) groups excluding carboxylic acids is 1. The van der Waals surface area contributed by atoms with Crippen molar-refractivity contribution < 1.29 is 9.53 Å². The molecule has 2 fully saturated rings. The molecule has 4 nitrogen and oxygen atoms in total. The second kappa shape index (κ2) is 5.15. The maximum absolute atomic E-state index is 12.2. The fourth-order valence-electron chi connectivity index (χ4n) is 2.98. The maximum atomic E-state index is 12.2. The molecule has 3 unspecified atom stereocenters. The van der Waals surface area contributed by atoms with Crippen LogP contribution in [0.4, 0.5) is 0 Å². The Bertz CT molecular complexity index is 251. The van der Waals surface area contributed by atoms with Crippen LogP contribution < -0.4 is 5.73 Å². The predicted octanol–water partition coefficient (Wildman–Crippen LogP) is 0.609. The Hall–Kier alpha value is -0.610. The van der Waals surface area contributed by atoms with Crippen molar-refractivity contribution in [3.63, 3.8) is 0 Å². The van der Waals surface area contributed by atoms with E-state index in [4.69, 9.17) is 10.5 Å². The van der Waals surface area contributed by atoms with Crippen LogP contribution in [0.5, 0.6) is 0 Å². The smallest absolute Gasteiger partial charge is 0.228 e. The second-order valence-electron chi connectivity index (χ2n) is 5.00. The summed E-state index contributed by atoms with van der Waals surface area (Å²) in [6.45, 7) is 2.03. The molecule has 1 saturated heterocycles. The standard InChI is InChI=1S/C12H22N2O2/c1-14(11-4-2-3-9(11)7-13)12(15)10-5-6-16-8-10/h9-11H,2-8,13H2,1H3. The molecule has 2 aliphatic rings. The van der Waals surface area contributed by atoms with Crippen LogP contribution in [0.2, 0.25) is 0 Å². The molecule has 1 amide bonds. The lowest BCUT2D eigenvalue weighted by molar-refractivity contribution is -0.136. The summed E-state index contributed by atoms with van der Waals surface area (Å²) in [6.07, 6.45) is 4.35. The van der Waals surface area contributed by atoms with Gasteiger partial charge in [0.05, 0.1) is 12.5 Å². The lowest BCUT2D eigenvalue weighted by Crippen LogP contribution is -2.44. The Morgan fingerprint density at radius 2 is 2.25 bits per heavy atom. The summed E-state index contributed by atoms with van der Waals surface area (Å²) in [5, 5.41) is 0. The molecule has 4 heteroatoms. The van der Waals surface area contributed by atoms with Crippen LogP contribution in [0.25, 0.3) is 0 Å². The number of nitrogens with two attached hydrogens (primary N) is 1. The lowest BCUT2D eigenvalue weighted by atomic mass is 10.0. The molecule has 0 radical (unpaired) electrons. The van der Waals surface area contributed by atoms with E-state index in [2.05, 4.69) is 0 Å². The van der Waals surface area contributed by atoms with Crippen LogP contribution >= 0.6 is 0 Å². The molecule has 16 heavy (non-hydrogen) atoms. The molecule has 92 valence electrons. The molecule has 0 aromatic rings. The SMILES string of the molecule is CN(C(=O)C1CCOC1)C1CCCC1CN. The highest BCUT2D eigenvalue weighted by Gasteiger charge is 2.35. The fourth-order valence-corrected chi connectivity index (χ4v) is 2.98. The third-order valence-corrected chi connectivity index (χ3v) is 4.05. The molecule has 0 aromatic carbocycles. The minimum atomic E-state index is 0.0871. The summed E-state index contributed by atoms with van der Waals surface area (Å²) in [4.78, 5) is 14.1. The van der Waals surface area contributed by atoms with Crippen molar-refractivity contribution in [1.29, 1.82) is 0 Å². The largest absolute Gasteiger partial charge is 0.381 e. The molecule has 1 heterocycles. The van der Waals surface area contributed by atoms with Crippen molar-refractivity contribution >= 4 is 5.91 Å². The first-order valence-electron chi connectivity index (χ1n) is 6.28. The van der Waals surface area contributed by atoms with E-state index in [9.17, 15) is 4.79 Å². The molecule has 2 N–H and O–H groups in total. The van der Waals surface area contributed by atoms with Crippen LogP contribution in [0, 0.1) is 11.8 Å². The van der Waals surface area contributed by atoms with Crippen LogP contribution in [0.1, 0.15) is 25.7 Å². The Morgan fingerprint density at radius 1 is 1.44 bits per heavy atom. The van der Waals surface area contributed by atoms with Gasteiger partial charge in [-0.25, -0.2) is 0 Å². The number of carbonyl (C=O) groups is 1. The van der Waals surface area contributed by atoms with Gasteiger partial charge in [-0.2, -0.15) is 0 Å². The number of hydrogen-bond acceptors (Lipinski definition) is 3. The van der Waals surface area contributed by atoms with Gasteiger partial charge in [-0.15, -0.1) is 0 Å². The van der Waals surface area contributed by atoms with E-state index in [0.29, 0.717) is 25.1 Å². The van der Waals surface area contributed by atoms with Gasteiger partial charge < -0.3 is 15.4 Å². The minimum Gasteiger partial charge on any atom is -0.381 e. The lowest BCUT2D eigenvalue weighted by Gasteiger charge is -2.30. The second-order valence-corrected chi connectivity index (χ2v) is 5.00. The zero-order valence-electron chi connectivity index (χ0n) is 10.0. The van der Waals surface area contributed by atoms with E-state index in [1.54, 1.807) is 0 Å². The van der Waals surface area contributed by atoms with Gasteiger partial charge in [0.1, 0.15) is 0 Å². The van der Waals surface area contributed by atoms with Gasteiger partial charge in [0.15, 0.2) is 0 Å². The van der Waals surface area contributed by atoms with E-state index in [-0.39, 0.29) is 11.8 Å². The van der Waals surface area contributed by atoms with E-state index in [1.165, 1.54) is 12.8 Å². The van der Waals surface area contributed by atoms with Crippen molar-refractivity contribution in [3.8, 4) is 0 Å². The van der Waals surface area contributed by atoms with Crippen molar-refractivity contribution in [3.05, 3.63) is 0 Å². The highest BCUT2D eigenvalue weighted by Crippen LogP contribution is 2.30. The van der Waals surface area contributed by atoms with Crippen LogP contribution in [-0.2, 0) is 9.53 Å². The molecule has 1 saturated carbocycles. The summed E-state index contributed by atoms with van der Waals surface area (Å²) < 4.78 is 5.27. The maximum Gasteiger partial charge on any atom is 0.228 e. The summed E-state index contributed by atoms with van der Waals surface area (Å²) >= 11 is 0. The number of hydrogen-bond donors (Lipinski definition) is 1. The Morgan fingerprint density at radius 3 is 2.88 bits per heavy atom. The highest BCUT2D eigenvalue weighted by molar-refractivity contribution is 5.79. The zero-order chi connectivity index (χ0) is 11.5. The molecular formula is C12H22N2O2. The molecule has 3 atom stereocenters. The summed E-state index contributed by atoms with van der Waals surface area (Å²) in [6, 6.07) is 0.359. The van der Waals surface area contributed by atoms with E-state index in [0.717, 1.165) is 19.4 Å². The summed E-state index contributed by atoms with van der Waals surface area (Å²) in [5.74, 6) is 0.836. The number of nitrogens with zero attached hydrogens (tertiary/aromatic N) is 1. The molecule has 1 aliphatic heterocycles. The predicted molar refractivity (Wildman–Crippen MR) is 61.9 cm³/mol. The quantitative estimate of drug-likeness (QED) is 0.767. The third-order valence-electron chi connectivity index (χ3n) is 4.05. The highest BCUT2D eigenvalue weighted by atomic mass is 16.5. The molecule has 0 spiro atoms. The first-order chi connectivity index (χ1) is 7.74. The van der Waals surface area contributed by atoms with Crippen LogP contribution in [0.15, 0.2) is 0 Å². The van der Waals surface area contributed by atoms with Crippen molar-refractivity contribution in [2.45, 2.75) is 31.7 Å². The Balaban J connectivity index is 1.94. The summed E-state index contributed by atoms with van der Waals surface area (Å²) in [7, 11) is 1.93. The topological polar surface area (TPSA) is 55.6 Å². The van der Waals surface area contributed by atoms with Gasteiger partial charge >= 0.3 is 0 Å². The number of rotatable bonds is 3. The van der Waals surface area contributed by atoms with Crippen molar-refractivity contribution in [2.75, 3.05) is 26.8 Å². The van der Waals surface area contributed by atoms with Gasteiger partial charge in [0.25, 0.3) is 0 Å². The van der Waals surface area contributed by atoms with Crippen molar-refractivity contribution in [2.24, 2.45) is 17.6 Å². The molecule has 1 aliphatic carbocycles. The first-order valence-corrected chi connectivity index (χ1v) is 6.28. The molecule has 0 bridgehead atoms. The fraction of sp³-hybridized carbons (Fsp3) is 0.917. The van der Waals surface area contributed by atoms with Gasteiger partial charge in [0, 0.05) is 19.7 Å². The monoisotopic (exact) mass is 226 g/mol. The summed E-state index contributed by atoms with van der Waals surface area (Å²) in [5.41, 5.74) is 5.75. The van der Waals surface area contributed by atoms with E-state index < -0.39 is 0 Å². The minimum absolute atomic E-state index is 0.0871. The average Bonchev–Trinajstić information content (AvgIpc) is 2.97. The molecular weight excluding hydrogens is 204 g/mol. The Kier molecular flexibility index (Phi) is 3.82. The number of amides is 1. The average molecular weight is 226 g/mol. The normalized spacial score (nSPS) is 34.2. The Labute approximate surface area is 97.1 Å². The van der Waals surface area contributed by atoms with Crippen LogP contribution in [0.3, 0.4) is 0 Å². The molecule has 2 rings (SSSR count). The molecule has 0 aromatic heterocycles. The zero-order valence-corrected chi connectivity index (χ0v) is 10.0. The number of ether oxygens (including phenoxy) is 1. The van der Waals surface area contributed by atoms with E-state index >= 15 is 0 Å². The van der Waals surface area contributed by atoms with Crippen molar-refractivity contribution in [1.82, 2.24) is 4.90 Å². The van der Waals surface area contributed by atoms with Gasteiger partial charge in [-0.05, 0) is 31.7 Å².